The second-order valence-corrected chi connectivity index (χ2v) is 6.23. The van der Waals surface area contributed by atoms with E-state index in [4.69, 9.17) is 10.5 Å². The topological polar surface area (TPSA) is 76.8 Å². The Morgan fingerprint density at radius 3 is 2.75 bits per heavy atom. The van der Waals surface area contributed by atoms with Crippen molar-refractivity contribution in [1.29, 1.82) is 0 Å². The molecule has 2 aromatic heterocycles. The largest absolute Gasteiger partial charge is 0.494 e. The molecule has 0 spiro atoms. The number of rotatable bonds is 3. The summed E-state index contributed by atoms with van der Waals surface area (Å²) in [4.78, 5) is 4.52. The molecule has 2 aromatic carbocycles. The molecule has 3 N–H and O–H groups in total. The van der Waals surface area contributed by atoms with E-state index in [0.29, 0.717) is 16.3 Å². The molecular weight excluding hydrogens is 327 g/mol. The van der Waals surface area contributed by atoms with Gasteiger partial charge in [0.15, 0.2) is 11.6 Å². The number of ether oxygens (including phenoxy) is 1. The van der Waals surface area contributed by atoms with Crippen molar-refractivity contribution in [1.82, 2.24) is 15.2 Å². The van der Waals surface area contributed by atoms with Crippen LogP contribution in [0.5, 0.6) is 5.75 Å². The SMILES string of the molecule is COc1cc2sc(-c3c(-c4ccccc4)n[nH]c3N)nc2cc1F. The highest BCUT2D eigenvalue weighted by atomic mass is 32.1. The molecule has 0 amide bonds. The minimum atomic E-state index is -0.440. The fourth-order valence-electron chi connectivity index (χ4n) is 2.57. The van der Waals surface area contributed by atoms with Crippen molar-refractivity contribution in [3.05, 3.63) is 48.3 Å². The number of nitrogen functional groups attached to an aromatic ring is 1. The summed E-state index contributed by atoms with van der Waals surface area (Å²) < 4.78 is 19.7. The van der Waals surface area contributed by atoms with Gasteiger partial charge in [-0.05, 0) is 0 Å². The lowest BCUT2D eigenvalue weighted by atomic mass is 10.1. The van der Waals surface area contributed by atoms with E-state index >= 15 is 0 Å². The number of anilines is 1. The average Bonchev–Trinajstić information content (AvgIpc) is 3.17. The van der Waals surface area contributed by atoms with Crippen LogP contribution in [0.25, 0.3) is 32.0 Å². The van der Waals surface area contributed by atoms with Crippen LogP contribution in [-0.4, -0.2) is 22.3 Å². The zero-order valence-corrected chi connectivity index (χ0v) is 13.5. The molecule has 0 aliphatic carbocycles. The Kier molecular flexibility index (Phi) is 3.42. The maximum atomic E-state index is 13.9. The highest BCUT2D eigenvalue weighted by molar-refractivity contribution is 7.21. The molecule has 0 unspecified atom stereocenters. The molecule has 2 heterocycles. The lowest BCUT2D eigenvalue weighted by Gasteiger charge is -2.00. The first-order valence-electron chi connectivity index (χ1n) is 7.21. The van der Waals surface area contributed by atoms with E-state index in [-0.39, 0.29) is 5.75 Å². The minimum absolute atomic E-state index is 0.196. The summed E-state index contributed by atoms with van der Waals surface area (Å²) in [6.07, 6.45) is 0. The number of benzene rings is 2. The number of fused-ring (bicyclic) bond motifs is 1. The highest BCUT2D eigenvalue weighted by Gasteiger charge is 2.19. The smallest absolute Gasteiger partial charge is 0.167 e. The van der Waals surface area contributed by atoms with Crippen molar-refractivity contribution < 1.29 is 9.13 Å². The van der Waals surface area contributed by atoms with Crippen molar-refractivity contribution in [2.45, 2.75) is 0 Å². The Bertz CT molecular complexity index is 1030. The summed E-state index contributed by atoms with van der Waals surface area (Å²) in [6.45, 7) is 0. The van der Waals surface area contributed by atoms with Gasteiger partial charge in [0.1, 0.15) is 16.5 Å². The molecule has 0 aliphatic heterocycles. The second kappa shape index (κ2) is 5.61. The van der Waals surface area contributed by atoms with E-state index in [9.17, 15) is 4.39 Å². The van der Waals surface area contributed by atoms with Crippen LogP contribution in [0.3, 0.4) is 0 Å². The number of thiazole rings is 1. The van der Waals surface area contributed by atoms with Crippen LogP contribution in [0.1, 0.15) is 0 Å². The molecule has 0 fully saturated rings. The molecule has 0 saturated heterocycles. The molecule has 0 saturated carbocycles. The standard InChI is InChI=1S/C17H13FN4OS/c1-23-12-8-13-11(7-10(12)18)20-17(24-13)14-15(21-22-16(14)19)9-5-3-2-4-6-9/h2-8H,1H3,(H3,19,21,22). The van der Waals surface area contributed by atoms with Crippen molar-refractivity contribution in [3.8, 4) is 27.6 Å². The van der Waals surface area contributed by atoms with E-state index < -0.39 is 5.82 Å². The van der Waals surface area contributed by atoms with Crippen molar-refractivity contribution in [2.24, 2.45) is 0 Å². The maximum Gasteiger partial charge on any atom is 0.167 e. The van der Waals surface area contributed by atoms with Crippen LogP contribution in [-0.2, 0) is 0 Å². The van der Waals surface area contributed by atoms with Crippen LogP contribution in [0.4, 0.5) is 10.2 Å². The minimum Gasteiger partial charge on any atom is -0.494 e. The number of methoxy groups -OCH3 is 1. The molecule has 120 valence electrons. The number of aromatic amines is 1. The Morgan fingerprint density at radius 2 is 2.00 bits per heavy atom. The first-order valence-corrected chi connectivity index (χ1v) is 8.02. The van der Waals surface area contributed by atoms with Gasteiger partial charge in [0.2, 0.25) is 0 Å². The fourth-order valence-corrected chi connectivity index (χ4v) is 3.61. The lowest BCUT2D eigenvalue weighted by Crippen LogP contribution is -1.88. The van der Waals surface area contributed by atoms with Gasteiger partial charge in [0, 0.05) is 17.7 Å². The molecule has 4 aromatic rings. The molecule has 24 heavy (non-hydrogen) atoms. The Morgan fingerprint density at radius 1 is 1.21 bits per heavy atom. The van der Waals surface area contributed by atoms with Gasteiger partial charge in [-0.15, -0.1) is 11.3 Å². The van der Waals surface area contributed by atoms with E-state index in [1.54, 1.807) is 6.07 Å². The third-order valence-electron chi connectivity index (χ3n) is 3.72. The average molecular weight is 340 g/mol. The number of nitrogens with one attached hydrogen (secondary N) is 1. The summed E-state index contributed by atoms with van der Waals surface area (Å²) in [5.41, 5.74) is 9.01. The number of nitrogens with two attached hydrogens (primary N) is 1. The molecule has 4 rings (SSSR count). The number of hydrogen-bond donors (Lipinski definition) is 2. The molecular formula is C17H13FN4OS. The predicted octanol–water partition coefficient (Wildman–Crippen LogP) is 4.08. The highest BCUT2D eigenvalue weighted by Crippen LogP contribution is 2.40. The summed E-state index contributed by atoms with van der Waals surface area (Å²) in [7, 11) is 1.44. The van der Waals surface area contributed by atoms with E-state index in [2.05, 4.69) is 15.2 Å². The van der Waals surface area contributed by atoms with E-state index in [0.717, 1.165) is 21.5 Å². The van der Waals surface area contributed by atoms with Crippen LogP contribution in [0.2, 0.25) is 0 Å². The number of H-pyrrole nitrogens is 1. The zero-order valence-electron chi connectivity index (χ0n) is 12.7. The molecule has 0 aliphatic rings. The molecule has 0 bridgehead atoms. The first kappa shape index (κ1) is 14.6. The third kappa shape index (κ3) is 2.30. The summed E-state index contributed by atoms with van der Waals surface area (Å²) >= 11 is 1.42. The number of nitrogens with zero attached hydrogens (tertiary/aromatic N) is 2. The molecule has 7 heteroatoms. The Balaban J connectivity index is 1.91. The van der Waals surface area contributed by atoms with Gasteiger partial charge in [-0.2, -0.15) is 5.10 Å². The number of halogens is 1. The summed E-state index contributed by atoms with van der Waals surface area (Å²) in [5.74, 6) is 0.187. The maximum absolute atomic E-state index is 13.9. The third-order valence-corrected chi connectivity index (χ3v) is 4.75. The van der Waals surface area contributed by atoms with E-state index in [1.165, 1.54) is 24.5 Å². The van der Waals surface area contributed by atoms with Gasteiger partial charge in [-0.1, -0.05) is 30.3 Å². The Hall–Kier alpha value is -2.93. The van der Waals surface area contributed by atoms with Gasteiger partial charge in [0.25, 0.3) is 0 Å². The molecule has 0 radical (unpaired) electrons. The van der Waals surface area contributed by atoms with Crippen molar-refractivity contribution in [2.75, 3.05) is 12.8 Å². The van der Waals surface area contributed by atoms with E-state index in [1.807, 2.05) is 30.3 Å². The predicted molar refractivity (Wildman–Crippen MR) is 93.6 cm³/mol. The lowest BCUT2D eigenvalue weighted by molar-refractivity contribution is 0.387. The van der Waals surface area contributed by atoms with Gasteiger partial charge in [-0.3, -0.25) is 5.10 Å². The van der Waals surface area contributed by atoms with Crippen LogP contribution in [0, 0.1) is 5.82 Å². The number of hydrogen-bond acceptors (Lipinski definition) is 5. The van der Waals surface area contributed by atoms with Crippen LogP contribution >= 0.6 is 11.3 Å². The van der Waals surface area contributed by atoms with Crippen LogP contribution in [0.15, 0.2) is 42.5 Å². The summed E-state index contributed by atoms with van der Waals surface area (Å²) in [6, 6.07) is 12.7. The second-order valence-electron chi connectivity index (χ2n) is 5.20. The number of aromatic nitrogens is 3. The monoisotopic (exact) mass is 340 g/mol. The van der Waals surface area contributed by atoms with Gasteiger partial charge < -0.3 is 10.5 Å². The normalized spacial score (nSPS) is 11.1. The quantitative estimate of drug-likeness (QED) is 0.589. The zero-order chi connectivity index (χ0) is 16.7. The molecule has 0 atom stereocenters. The van der Waals surface area contributed by atoms with Crippen molar-refractivity contribution in [3.63, 3.8) is 0 Å². The van der Waals surface area contributed by atoms with Crippen LogP contribution < -0.4 is 10.5 Å². The van der Waals surface area contributed by atoms with Gasteiger partial charge in [-0.25, -0.2) is 9.37 Å². The van der Waals surface area contributed by atoms with Crippen molar-refractivity contribution >= 4 is 27.4 Å². The first-order chi connectivity index (χ1) is 11.7. The Labute approximate surface area is 140 Å². The van der Waals surface area contributed by atoms with Gasteiger partial charge >= 0.3 is 0 Å². The summed E-state index contributed by atoms with van der Waals surface area (Å²) in [5, 5.41) is 7.79. The van der Waals surface area contributed by atoms with Gasteiger partial charge in [0.05, 0.1) is 22.9 Å². The molecule has 5 nitrogen and oxygen atoms in total. The fraction of sp³-hybridized carbons (Fsp3) is 0.0588.